The molecule has 0 N–H and O–H groups in total. The van der Waals surface area contributed by atoms with Crippen LogP contribution in [0.4, 0.5) is 0 Å². The highest BCUT2D eigenvalue weighted by molar-refractivity contribution is 5.99. The van der Waals surface area contributed by atoms with E-state index in [2.05, 4.69) is 12.1 Å². The number of ketones is 1. The maximum absolute atomic E-state index is 12.0. The molecular formula is C14H16O. The molecule has 0 radical (unpaired) electrons. The zero-order chi connectivity index (χ0) is 10.3. The van der Waals surface area contributed by atoms with Gasteiger partial charge in [0, 0.05) is 12.0 Å². The van der Waals surface area contributed by atoms with E-state index in [1.165, 1.54) is 31.2 Å². The molecule has 1 nitrogen and oxygen atoms in total. The van der Waals surface area contributed by atoms with Gasteiger partial charge >= 0.3 is 0 Å². The molecule has 0 aromatic heterocycles. The van der Waals surface area contributed by atoms with Gasteiger partial charge in [0.1, 0.15) is 0 Å². The molecule has 0 heterocycles. The quantitative estimate of drug-likeness (QED) is 0.627. The van der Waals surface area contributed by atoms with Gasteiger partial charge in [-0.05, 0) is 30.2 Å². The van der Waals surface area contributed by atoms with Gasteiger partial charge in [0.15, 0.2) is 5.78 Å². The van der Waals surface area contributed by atoms with Gasteiger partial charge in [0.2, 0.25) is 0 Å². The summed E-state index contributed by atoms with van der Waals surface area (Å²) >= 11 is 0. The fraction of sp³-hybridized carbons (Fsp3) is 0.500. The summed E-state index contributed by atoms with van der Waals surface area (Å²) in [5.74, 6) is 0.374. The first-order valence-corrected chi connectivity index (χ1v) is 5.90. The van der Waals surface area contributed by atoms with Gasteiger partial charge in [-0.2, -0.15) is 0 Å². The van der Waals surface area contributed by atoms with Gasteiger partial charge in [-0.15, -0.1) is 0 Å². The van der Waals surface area contributed by atoms with Crippen molar-refractivity contribution in [1.82, 2.24) is 0 Å². The third-order valence-electron chi connectivity index (χ3n) is 4.08. The lowest BCUT2D eigenvalue weighted by molar-refractivity contribution is 0.0888. The van der Waals surface area contributed by atoms with Crippen LogP contribution in [0.2, 0.25) is 0 Å². The Labute approximate surface area is 90.5 Å². The summed E-state index contributed by atoms with van der Waals surface area (Å²) in [7, 11) is 0. The molecule has 1 aromatic carbocycles. The second kappa shape index (κ2) is 3.19. The molecule has 3 rings (SSSR count). The summed E-state index contributed by atoms with van der Waals surface area (Å²) in [4.78, 5) is 12.0. The molecule has 0 bridgehead atoms. The Morgan fingerprint density at radius 3 is 2.53 bits per heavy atom. The average Bonchev–Trinajstić information content (AvgIpc) is 2.66. The summed E-state index contributed by atoms with van der Waals surface area (Å²) in [6.45, 7) is 0. The topological polar surface area (TPSA) is 17.1 Å². The maximum atomic E-state index is 12.0. The molecular weight excluding hydrogens is 184 g/mol. The predicted molar refractivity (Wildman–Crippen MR) is 60.0 cm³/mol. The van der Waals surface area contributed by atoms with E-state index in [0.717, 1.165) is 18.4 Å². The Balaban J connectivity index is 2.02. The SMILES string of the molecule is O=C1CC2(CCCC2)Cc2ccccc21. The lowest BCUT2D eigenvalue weighted by atomic mass is 9.70. The van der Waals surface area contributed by atoms with Crippen LogP contribution in [-0.2, 0) is 6.42 Å². The molecule has 0 saturated heterocycles. The highest BCUT2D eigenvalue weighted by Crippen LogP contribution is 2.47. The Morgan fingerprint density at radius 2 is 1.73 bits per heavy atom. The Morgan fingerprint density at radius 1 is 1.00 bits per heavy atom. The lowest BCUT2D eigenvalue weighted by Crippen LogP contribution is -2.29. The molecule has 0 atom stereocenters. The van der Waals surface area contributed by atoms with Crippen LogP contribution in [0, 0.1) is 5.41 Å². The number of hydrogen-bond acceptors (Lipinski definition) is 1. The number of hydrogen-bond donors (Lipinski definition) is 0. The number of carbonyl (C=O) groups is 1. The maximum Gasteiger partial charge on any atom is 0.163 e. The first-order chi connectivity index (χ1) is 7.29. The molecule has 78 valence electrons. The van der Waals surface area contributed by atoms with E-state index in [9.17, 15) is 4.79 Å². The van der Waals surface area contributed by atoms with Crippen LogP contribution < -0.4 is 0 Å². The molecule has 1 saturated carbocycles. The van der Waals surface area contributed by atoms with Crippen LogP contribution in [-0.4, -0.2) is 5.78 Å². The van der Waals surface area contributed by atoms with E-state index in [0.29, 0.717) is 11.2 Å². The van der Waals surface area contributed by atoms with Crippen molar-refractivity contribution < 1.29 is 4.79 Å². The van der Waals surface area contributed by atoms with Gasteiger partial charge in [-0.1, -0.05) is 37.1 Å². The van der Waals surface area contributed by atoms with Crippen LogP contribution in [0.15, 0.2) is 24.3 Å². The molecule has 1 fully saturated rings. The third kappa shape index (κ3) is 1.41. The zero-order valence-corrected chi connectivity index (χ0v) is 8.96. The second-order valence-corrected chi connectivity index (χ2v) is 5.14. The summed E-state index contributed by atoms with van der Waals surface area (Å²) in [5, 5.41) is 0. The van der Waals surface area contributed by atoms with Crippen molar-refractivity contribution >= 4 is 5.78 Å². The van der Waals surface area contributed by atoms with E-state index in [1.54, 1.807) is 0 Å². The van der Waals surface area contributed by atoms with Crippen molar-refractivity contribution in [1.29, 1.82) is 0 Å². The normalized spacial score (nSPS) is 23.1. The van der Waals surface area contributed by atoms with Crippen molar-refractivity contribution in [2.24, 2.45) is 5.41 Å². The molecule has 1 spiro atoms. The van der Waals surface area contributed by atoms with Gasteiger partial charge in [0.25, 0.3) is 0 Å². The highest BCUT2D eigenvalue weighted by Gasteiger charge is 2.40. The first kappa shape index (κ1) is 9.14. The Hall–Kier alpha value is -1.11. The number of rotatable bonds is 0. The smallest absolute Gasteiger partial charge is 0.163 e. The summed E-state index contributed by atoms with van der Waals surface area (Å²) in [5.41, 5.74) is 2.61. The first-order valence-electron chi connectivity index (χ1n) is 5.90. The predicted octanol–water partition coefficient (Wildman–Crippen LogP) is 3.38. The number of fused-ring (bicyclic) bond motifs is 1. The van der Waals surface area contributed by atoms with Crippen LogP contribution in [0.25, 0.3) is 0 Å². The minimum absolute atomic E-state index is 0.339. The third-order valence-corrected chi connectivity index (χ3v) is 4.08. The van der Waals surface area contributed by atoms with Crippen molar-refractivity contribution in [3.8, 4) is 0 Å². The number of benzene rings is 1. The molecule has 1 heteroatoms. The summed E-state index contributed by atoms with van der Waals surface area (Å²) < 4.78 is 0. The van der Waals surface area contributed by atoms with E-state index in [4.69, 9.17) is 0 Å². The molecule has 2 aliphatic rings. The van der Waals surface area contributed by atoms with Crippen molar-refractivity contribution in [2.75, 3.05) is 0 Å². The van der Waals surface area contributed by atoms with Crippen LogP contribution >= 0.6 is 0 Å². The minimum atomic E-state index is 0.339. The van der Waals surface area contributed by atoms with Gasteiger partial charge in [0.05, 0.1) is 0 Å². The minimum Gasteiger partial charge on any atom is -0.294 e. The van der Waals surface area contributed by atoms with E-state index < -0.39 is 0 Å². The van der Waals surface area contributed by atoms with E-state index >= 15 is 0 Å². The van der Waals surface area contributed by atoms with Crippen molar-refractivity contribution in [3.63, 3.8) is 0 Å². The number of Topliss-reactive ketones (excluding diaryl/α,β-unsaturated/α-hetero) is 1. The second-order valence-electron chi connectivity index (χ2n) is 5.14. The molecule has 15 heavy (non-hydrogen) atoms. The molecule has 2 aliphatic carbocycles. The van der Waals surface area contributed by atoms with Crippen LogP contribution in [0.3, 0.4) is 0 Å². The Bertz CT molecular complexity index is 400. The fourth-order valence-electron chi connectivity index (χ4n) is 3.33. The molecule has 0 aliphatic heterocycles. The zero-order valence-electron chi connectivity index (χ0n) is 8.96. The largest absolute Gasteiger partial charge is 0.294 e. The van der Waals surface area contributed by atoms with E-state index in [-0.39, 0.29) is 0 Å². The fourth-order valence-corrected chi connectivity index (χ4v) is 3.33. The van der Waals surface area contributed by atoms with Gasteiger partial charge < -0.3 is 0 Å². The number of carbonyl (C=O) groups excluding carboxylic acids is 1. The lowest BCUT2D eigenvalue weighted by Gasteiger charge is -2.33. The molecule has 1 aromatic rings. The average molecular weight is 200 g/mol. The molecule has 0 unspecified atom stereocenters. The van der Waals surface area contributed by atoms with Crippen molar-refractivity contribution in [2.45, 2.75) is 38.5 Å². The monoisotopic (exact) mass is 200 g/mol. The molecule has 0 amide bonds. The van der Waals surface area contributed by atoms with Crippen LogP contribution in [0.5, 0.6) is 0 Å². The van der Waals surface area contributed by atoms with Crippen LogP contribution in [0.1, 0.15) is 48.0 Å². The Kier molecular flexibility index (Phi) is 1.95. The van der Waals surface area contributed by atoms with E-state index in [1.807, 2.05) is 12.1 Å². The van der Waals surface area contributed by atoms with Gasteiger partial charge in [-0.25, -0.2) is 0 Å². The highest BCUT2D eigenvalue weighted by atomic mass is 16.1. The van der Waals surface area contributed by atoms with Crippen molar-refractivity contribution in [3.05, 3.63) is 35.4 Å². The summed E-state index contributed by atoms with van der Waals surface area (Å²) in [6, 6.07) is 8.15. The van der Waals surface area contributed by atoms with Gasteiger partial charge in [-0.3, -0.25) is 4.79 Å². The standard InChI is InChI=1S/C14H16O/c15-13-10-14(7-3-4-8-14)9-11-5-1-2-6-12(11)13/h1-2,5-6H,3-4,7-10H2. The summed E-state index contributed by atoms with van der Waals surface area (Å²) in [6.07, 6.45) is 7.07.